The summed E-state index contributed by atoms with van der Waals surface area (Å²) in [5.41, 5.74) is 7.27. The number of primary amides is 1. The molecule has 0 bridgehead atoms. The van der Waals surface area contributed by atoms with Crippen molar-refractivity contribution in [3.05, 3.63) is 29.7 Å². The Morgan fingerprint density at radius 3 is 3.17 bits per heavy atom. The van der Waals surface area contributed by atoms with Gasteiger partial charge < -0.3 is 11.1 Å². The van der Waals surface area contributed by atoms with E-state index in [1.54, 1.807) is 16.8 Å². The molecule has 0 aliphatic carbocycles. The van der Waals surface area contributed by atoms with Crippen LogP contribution in [0.2, 0.25) is 0 Å². The molecule has 6 nitrogen and oxygen atoms in total. The molecule has 1 saturated heterocycles. The first kappa shape index (κ1) is 11.2. The van der Waals surface area contributed by atoms with Crippen molar-refractivity contribution in [1.29, 1.82) is 0 Å². The van der Waals surface area contributed by atoms with Crippen LogP contribution in [-0.4, -0.2) is 33.6 Å². The van der Waals surface area contributed by atoms with Gasteiger partial charge in [0, 0.05) is 24.7 Å². The summed E-state index contributed by atoms with van der Waals surface area (Å²) in [5.74, 6) is -0.113. The molecule has 6 heteroatoms. The Morgan fingerprint density at radius 2 is 2.44 bits per heavy atom. The van der Waals surface area contributed by atoms with Crippen molar-refractivity contribution < 1.29 is 4.79 Å². The summed E-state index contributed by atoms with van der Waals surface area (Å²) in [4.78, 5) is 15.4. The fraction of sp³-hybridized carbons (Fsp3) is 0.417. The summed E-state index contributed by atoms with van der Waals surface area (Å²) in [5, 5.41) is 7.61. The number of rotatable bonds is 2. The van der Waals surface area contributed by atoms with Gasteiger partial charge in [0.05, 0.1) is 5.69 Å². The second kappa shape index (κ2) is 4.38. The summed E-state index contributed by atoms with van der Waals surface area (Å²) >= 11 is 0. The molecular weight excluding hydrogens is 230 g/mol. The maximum atomic E-state index is 11.2. The Balaban J connectivity index is 2.07. The molecule has 1 fully saturated rings. The van der Waals surface area contributed by atoms with E-state index in [0.29, 0.717) is 11.6 Å². The number of hydrogen-bond donors (Lipinski definition) is 2. The number of amides is 1. The minimum absolute atomic E-state index is 0.263. The lowest BCUT2D eigenvalue weighted by atomic mass is 9.96. The zero-order valence-electron chi connectivity index (χ0n) is 9.97. The highest BCUT2D eigenvalue weighted by molar-refractivity contribution is 5.91. The van der Waals surface area contributed by atoms with Crippen molar-refractivity contribution >= 4 is 11.6 Å². The molecule has 1 amide bonds. The van der Waals surface area contributed by atoms with Crippen molar-refractivity contribution in [2.75, 3.05) is 13.1 Å². The molecule has 3 heterocycles. The molecule has 18 heavy (non-hydrogen) atoms. The summed E-state index contributed by atoms with van der Waals surface area (Å²) in [7, 11) is 0. The van der Waals surface area contributed by atoms with Gasteiger partial charge in [-0.05, 0) is 25.5 Å². The number of nitrogens with zero attached hydrogens (tertiary/aromatic N) is 3. The van der Waals surface area contributed by atoms with Crippen LogP contribution in [0.25, 0.3) is 5.65 Å². The molecule has 2 aromatic heterocycles. The van der Waals surface area contributed by atoms with E-state index in [0.717, 1.165) is 31.6 Å². The zero-order valence-corrected chi connectivity index (χ0v) is 9.97. The van der Waals surface area contributed by atoms with Crippen molar-refractivity contribution in [3.63, 3.8) is 0 Å². The van der Waals surface area contributed by atoms with Crippen LogP contribution in [0.4, 0.5) is 0 Å². The van der Waals surface area contributed by atoms with E-state index in [9.17, 15) is 4.79 Å². The average Bonchev–Trinajstić information content (AvgIpc) is 2.83. The second-order valence-electron chi connectivity index (χ2n) is 4.58. The Bertz CT molecular complexity index is 585. The normalized spacial score (nSPS) is 20.1. The molecule has 1 aliphatic rings. The molecule has 1 unspecified atom stereocenters. The van der Waals surface area contributed by atoms with Crippen LogP contribution >= 0.6 is 0 Å². The van der Waals surface area contributed by atoms with E-state index >= 15 is 0 Å². The summed E-state index contributed by atoms with van der Waals surface area (Å²) in [6, 6.07) is 3.59. The van der Waals surface area contributed by atoms with E-state index in [1.807, 2.05) is 6.07 Å². The Morgan fingerprint density at radius 1 is 1.56 bits per heavy atom. The Hall–Kier alpha value is -1.95. The molecular formula is C12H15N5O. The number of nitrogens with one attached hydrogen (secondary N) is 1. The van der Waals surface area contributed by atoms with E-state index < -0.39 is 5.91 Å². The van der Waals surface area contributed by atoms with Gasteiger partial charge in [0.1, 0.15) is 0 Å². The predicted molar refractivity (Wildman–Crippen MR) is 66.3 cm³/mol. The van der Waals surface area contributed by atoms with Gasteiger partial charge in [-0.15, -0.1) is 0 Å². The van der Waals surface area contributed by atoms with Crippen molar-refractivity contribution in [1.82, 2.24) is 19.9 Å². The van der Waals surface area contributed by atoms with Crippen LogP contribution in [-0.2, 0) is 0 Å². The highest BCUT2D eigenvalue weighted by Crippen LogP contribution is 2.23. The summed E-state index contributed by atoms with van der Waals surface area (Å²) < 4.78 is 1.73. The predicted octanol–water partition coefficient (Wildman–Crippen LogP) is 0.295. The standard InChI is InChI=1S/C12H15N5O/c13-12(18)9-6-11-15-5-3-10(17(11)16-9)8-2-1-4-14-7-8/h3,5-6,8,14H,1-2,4,7H2,(H2,13,18). The molecule has 1 atom stereocenters. The van der Waals surface area contributed by atoms with Gasteiger partial charge >= 0.3 is 0 Å². The van der Waals surface area contributed by atoms with Crippen LogP contribution in [0, 0.1) is 0 Å². The Labute approximate surface area is 104 Å². The third-order valence-electron chi connectivity index (χ3n) is 3.35. The van der Waals surface area contributed by atoms with Crippen LogP contribution in [0.1, 0.15) is 34.9 Å². The lowest BCUT2D eigenvalue weighted by Gasteiger charge is -2.23. The van der Waals surface area contributed by atoms with Gasteiger partial charge in [-0.3, -0.25) is 4.79 Å². The van der Waals surface area contributed by atoms with Crippen LogP contribution in [0.5, 0.6) is 0 Å². The molecule has 0 saturated carbocycles. The highest BCUT2D eigenvalue weighted by Gasteiger charge is 2.19. The fourth-order valence-corrected chi connectivity index (χ4v) is 2.45. The fourth-order valence-electron chi connectivity index (χ4n) is 2.45. The molecule has 0 spiro atoms. The van der Waals surface area contributed by atoms with E-state index in [2.05, 4.69) is 15.4 Å². The van der Waals surface area contributed by atoms with Gasteiger partial charge in [0.15, 0.2) is 11.3 Å². The van der Waals surface area contributed by atoms with Crippen LogP contribution in [0.3, 0.4) is 0 Å². The van der Waals surface area contributed by atoms with Crippen molar-refractivity contribution in [2.24, 2.45) is 5.73 Å². The number of carbonyl (C=O) groups is 1. The number of carbonyl (C=O) groups excluding carboxylic acids is 1. The summed E-state index contributed by atoms with van der Waals surface area (Å²) in [6.45, 7) is 2.00. The number of hydrogen-bond acceptors (Lipinski definition) is 4. The first-order valence-corrected chi connectivity index (χ1v) is 6.11. The minimum Gasteiger partial charge on any atom is -0.364 e. The maximum Gasteiger partial charge on any atom is 0.269 e. The van der Waals surface area contributed by atoms with Crippen molar-refractivity contribution in [3.8, 4) is 0 Å². The highest BCUT2D eigenvalue weighted by atomic mass is 16.1. The first-order valence-electron chi connectivity index (χ1n) is 6.11. The van der Waals surface area contributed by atoms with Gasteiger partial charge in [0.25, 0.3) is 5.91 Å². The largest absolute Gasteiger partial charge is 0.364 e. The molecule has 94 valence electrons. The lowest BCUT2D eigenvalue weighted by Crippen LogP contribution is -2.29. The molecule has 1 aliphatic heterocycles. The van der Waals surface area contributed by atoms with Gasteiger partial charge in [0.2, 0.25) is 0 Å². The third kappa shape index (κ3) is 1.84. The monoisotopic (exact) mass is 245 g/mol. The van der Waals surface area contributed by atoms with Crippen LogP contribution in [0.15, 0.2) is 18.3 Å². The molecule has 3 N–H and O–H groups in total. The average molecular weight is 245 g/mol. The number of nitrogens with two attached hydrogens (primary N) is 1. The van der Waals surface area contributed by atoms with E-state index in [-0.39, 0.29) is 5.69 Å². The van der Waals surface area contributed by atoms with E-state index in [4.69, 9.17) is 5.73 Å². The number of piperidine rings is 1. The first-order chi connectivity index (χ1) is 8.75. The van der Waals surface area contributed by atoms with Gasteiger partial charge in [-0.1, -0.05) is 0 Å². The maximum absolute atomic E-state index is 11.2. The quantitative estimate of drug-likeness (QED) is 0.796. The number of fused-ring (bicyclic) bond motifs is 1. The molecule has 3 rings (SSSR count). The smallest absolute Gasteiger partial charge is 0.269 e. The van der Waals surface area contributed by atoms with Crippen LogP contribution < -0.4 is 11.1 Å². The number of aromatic nitrogens is 3. The van der Waals surface area contributed by atoms with Gasteiger partial charge in [-0.25, -0.2) is 9.50 Å². The minimum atomic E-state index is -0.520. The van der Waals surface area contributed by atoms with Gasteiger partial charge in [-0.2, -0.15) is 5.10 Å². The second-order valence-corrected chi connectivity index (χ2v) is 4.58. The zero-order chi connectivity index (χ0) is 12.5. The lowest BCUT2D eigenvalue weighted by molar-refractivity contribution is 0.0995. The molecule has 2 aromatic rings. The van der Waals surface area contributed by atoms with Crippen molar-refractivity contribution in [2.45, 2.75) is 18.8 Å². The topological polar surface area (TPSA) is 85.3 Å². The molecule has 0 radical (unpaired) electrons. The molecule has 0 aromatic carbocycles. The van der Waals surface area contributed by atoms with E-state index in [1.165, 1.54) is 0 Å². The summed E-state index contributed by atoms with van der Waals surface area (Å²) in [6.07, 6.45) is 4.03. The third-order valence-corrected chi connectivity index (χ3v) is 3.35. The SMILES string of the molecule is NC(=O)c1cc2nccc(C3CCCNC3)n2n1. The Kier molecular flexibility index (Phi) is 2.71.